The fourth-order valence-electron chi connectivity index (χ4n) is 1.28. The average Bonchev–Trinajstić information content (AvgIpc) is 2.26. The van der Waals surface area contributed by atoms with Gasteiger partial charge in [0.1, 0.15) is 11.3 Å². The van der Waals surface area contributed by atoms with Crippen molar-refractivity contribution in [1.29, 1.82) is 0 Å². The highest BCUT2D eigenvalue weighted by Gasteiger charge is 2.03. The van der Waals surface area contributed by atoms with E-state index in [0.717, 1.165) is 10.9 Å². The third-order valence-electron chi connectivity index (χ3n) is 2.04. The molecule has 1 heterocycles. The second-order valence-corrected chi connectivity index (χ2v) is 2.88. The van der Waals surface area contributed by atoms with E-state index < -0.39 is 0 Å². The molecule has 2 aromatic rings. The van der Waals surface area contributed by atoms with Crippen molar-refractivity contribution in [1.82, 2.24) is 0 Å². The molecule has 1 N–H and O–H groups in total. The van der Waals surface area contributed by atoms with Crippen LogP contribution in [0.25, 0.3) is 11.0 Å². The Morgan fingerprint density at radius 1 is 1.13 bits per heavy atom. The molecule has 0 radical (unpaired) electrons. The Hall–Kier alpha value is -1.77. The number of rotatable bonds is 0. The van der Waals surface area contributed by atoms with E-state index >= 15 is 0 Å². The van der Waals surface area contributed by atoms with Gasteiger partial charge in [0.25, 0.3) is 0 Å². The third kappa shape index (κ3) is 2.18. The van der Waals surface area contributed by atoms with E-state index in [0.29, 0.717) is 5.58 Å². The van der Waals surface area contributed by atoms with Gasteiger partial charge in [-0.1, -0.05) is 13.8 Å². The van der Waals surface area contributed by atoms with Gasteiger partial charge in [0.2, 0.25) is 0 Å². The first kappa shape index (κ1) is 11.3. The predicted octanol–water partition coefficient (Wildman–Crippen LogP) is 2.83. The van der Waals surface area contributed by atoms with Gasteiger partial charge in [0, 0.05) is 17.0 Å². The molecule has 0 atom stereocenters. The highest BCUT2D eigenvalue weighted by molar-refractivity contribution is 5.82. The minimum atomic E-state index is -0.377. The maximum Gasteiger partial charge on any atom is 0.336 e. The van der Waals surface area contributed by atoms with Crippen molar-refractivity contribution in [2.24, 2.45) is 0 Å². The summed E-state index contributed by atoms with van der Waals surface area (Å²) in [6.07, 6.45) is 0. The molecule has 0 bridgehead atoms. The summed E-state index contributed by atoms with van der Waals surface area (Å²) >= 11 is 0. The number of fused-ring (bicyclic) bond motifs is 1. The zero-order valence-electron chi connectivity index (χ0n) is 9.07. The van der Waals surface area contributed by atoms with E-state index in [2.05, 4.69) is 0 Å². The first-order valence-corrected chi connectivity index (χ1v) is 4.91. The molecule has 0 spiro atoms. The smallest absolute Gasteiger partial charge is 0.336 e. The van der Waals surface area contributed by atoms with Crippen LogP contribution in [-0.2, 0) is 0 Å². The topological polar surface area (TPSA) is 50.4 Å². The Bertz CT molecular complexity index is 512. The summed E-state index contributed by atoms with van der Waals surface area (Å²) in [5.74, 6) is 0.210. The van der Waals surface area contributed by atoms with Gasteiger partial charge >= 0.3 is 5.63 Å². The summed E-state index contributed by atoms with van der Waals surface area (Å²) in [6.45, 7) is 5.78. The third-order valence-corrected chi connectivity index (χ3v) is 2.04. The van der Waals surface area contributed by atoms with Crippen LogP contribution in [0.4, 0.5) is 0 Å². The standard InChI is InChI=1S/C10H8O3.C2H6/c1-6-7-2-5-10(12)13-9(7)4-3-8(6)11;1-2/h2-5,11H,1H3;1-2H3. The first-order valence-electron chi connectivity index (χ1n) is 4.91. The molecule has 3 nitrogen and oxygen atoms in total. The van der Waals surface area contributed by atoms with Crippen LogP contribution in [0.1, 0.15) is 19.4 Å². The van der Waals surface area contributed by atoms with Crippen LogP contribution >= 0.6 is 0 Å². The van der Waals surface area contributed by atoms with E-state index in [-0.39, 0.29) is 11.4 Å². The summed E-state index contributed by atoms with van der Waals surface area (Å²) in [5.41, 5.74) is 0.849. The van der Waals surface area contributed by atoms with Crippen LogP contribution in [0, 0.1) is 6.92 Å². The number of phenolic OH excluding ortho intramolecular Hbond substituents is 1. The second-order valence-electron chi connectivity index (χ2n) is 2.88. The molecule has 1 aromatic heterocycles. The zero-order valence-corrected chi connectivity index (χ0v) is 9.07. The molecule has 0 aliphatic heterocycles. The van der Waals surface area contributed by atoms with Crippen molar-refractivity contribution >= 4 is 11.0 Å². The van der Waals surface area contributed by atoms with Crippen LogP contribution in [0.15, 0.2) is 33.5 Å². The average molecular weight is 206 g/mol. The molecule has 0 saturated heterocycles. The van der Waals surface area contributed by atoms with E-state index in [9.17, 15) is 9.90 Å². The van der Waals surface area contributed by atoms with Gasteiger partial charge in [-0.05, 0) is 25.1 Å². The molecule has 1 aromatic carbocycles. The highest BCUT2D eigenvalue weighted by atomic mass is 16.4. The fraction of sp³-hybridized carbons (Fsp3) is 0.250. The molecule has 0 saturated carbocycles. The maximum absolute atomic E-state index is 10.9. The molecule has 0 fully saturated rings. The minimum absolute atomic E-state index is 0.210. The summed E-state index contributed by atoms with van der Waals surface area (Å²) < 4.78 is 4.93. The van der Waals surface area contributed by atoms with Gasteiger partial charge in [0.15, 0.2) is 0 Å². The number of phenols is 1. The monoisotopic (exact) mass is 206 g/mol. The summed E-state index contributed by atoms with van der Waals surface area (Å²) in [7, 11) is 0. The number of benzene rings is 1. The molecule has 0 aliphatic carbocycles. The van der Waals surface area contributed by atoms with Crippen molar-refractivity contribution in [2.75, 3.05) is 0 Å². The molecular formula is C12H14O3. The molecule has 0 unspecified atom stereocenters. The van der Waals surface area contributed by atoms with Gasteiger partial charge in [0.05, 0.1) is 0 Å². The SMILES string of the molecule is CC.Cc1c(O)ccc2oc(=O)ccc12. The van der Waals surface area contributed by atoms with E-state index in [1.54, 1.807) is 19.1 Å². The molecule has 0 aliphatic rings. The van der Waals surface area contributed by atoms with Gasteiger partial charge in [-0.15, -0.1) is 0 Å². The van der Waals surface area contributed by atoms with Crippen molar-refractivity contribution in [3.8, 4) is 5.75 Å². The Balaban J connectivity index is 0.000000531. The van der Waals surface area contributed by atoms with Crippen molar-refractivity contribution in [3.05, 3.63) is 40.2 Å². The predicted molar refractivity (Wildman–Crippen MR) is 60.2 cm³/mol. The van der Waals surface area contributed by atoms with Gasteiger partial charge in [-0.2, -0.15) is 0 Å². The van der Waals surface area contributed by atoms with Gasteiger partial charge in [-0.25, -0.2) is 4.79 Å². The first-order chi connectivity index (χ1) is 7.18. The van der Waals surface area contributed by atoms with Crippen LogP contribution < -0.4 is 5.63 Å². The lowest BCUT2D eigenvalue weighted by atomic mass is 10.1. The lowest BCUT2D eigenvalue weighted by molar-refractivity contribution is 0.471. The van der Waals surface area contributed by atoms with Crippen LogP contribution in [0.2, 0.25) is 0 Å². The molecular weight excluding hydrogens is 192 g/mol. The minimum Gasteiger partial charge on any atom is -0.508 e. The van der Waals surface area contributed by atoms with E-state index in [1.165, 1.54) is 12.1 Å². The van der Waals surface area contributed by atoms with Crippen LogP contribution in [-0.4, -0.2) is 5.11 Å². The second kappa shape index (κ2) is 4.64. The Morgan fingerprint density at radius 2 is 1.80 bits per heavy atom. The van der Waals surface area contributed by atoms with Crippen molar-refractivity contribution < 1.29 is 9.52 Å². The zero-order chi connectivity index (χ0) is 11.4. The van der Waals surface area contributed by atoms with Crippen molar-refractivity contribution in [3.63, 3.8) is 0 Å². The number of aromatic hydroxyl groups is 1. The fourth-order valence-corrected chi connectivity index (χ4v) is 1.28. The van der Waals surface area contributed by atoms with E-state index in [4.69, 9.17) is 4.42 Å². The molecule has 2 rings (SSSR count). The summed E-state index contributed by atoms with van der Waals surface area (Å²) in [6, 6.07) is 6.09. The Kier molecular flexibility index (Phi) is 3.50. The van der Waals surface area contributed by atoms with Gasteiger partial charge < -0.3 is 9.52 Å². The Morgan fingerprint density at radius 3 is 2.47 bits per heavy atom. The number of aryl methyl sites for hydroxylation is 1. The van der Waals surface area contributed by atoms with Crippen LogP contribution in [0.3, 0.4) is 0 Å². The molecule has 3 heteroatoms. The molecule has 15 heavy (non-hydrogen) atoms. The normalized spacial score (nSPS) is 9.53. The molecule has 0 amide bonds. The van der Waals surface area contributed by atoms with Crippen molar-refractivity contribution in [2.45, 2.75) is 20.8 Å². The van der Waals surface area contributed by atoms with E-state index in [1.807, 2.05) is 13.8 Å². The van der Waals surface area contributed by atoms with Gasteiger partial charge in [-0.3, -0.25) is 0 Å². The summed E-state index contributed by atoms with van der Waals surface area (Å²) in [4.78, 5) is 10.9. The summed E-state index contributed by atoms with van der Waals surface area (Å²) in [5, 5.41) is 10.1. The number of hydrogen-bond acceptors (Lipinski definition) is 3. The lowest BCUT2D eigenvalue weighted by Crippen LogP contribution is -1.94. The lowest BCUT2D eigenvalue weighted by Gasteiger charge is -2.01. The number of hydrogen-bond donors (Lipinski definition) is 1. The largest absolute Gasteiger partial charge is 0.508 e. The Labute approximate surface area is 88.0 Å². The quantitative estimate of drug-likeness (QED) is 0.674. The van der Waals surface area contributed by atoms with Crippen LogP contribution in [0.5, 0.6) is 5.75 Å². The molecule has 80 valence electrons. The highest BCUT2D eigenvalue weighted by Crippen LogP contribution is 2.24. The maximum atomic E-state index is 10.9.